The highest BCUT2D eigenvalue weighted by molar-refractivity contribution is 5.52. The minimum absolute atomic E-state index is 0.00472. The van der Waals surface area contributed by atoms with Gasteiger partial charge in [0.1, 0.15) is 11.8 Å². The van der Waals surface area contributed by atoms with Crippen LogP contribution in [0.15, 0.2) is 29.1 Å². The third-order valence-electron chi connectivity index (χ3n) is 4.49. The highest BCUT2D eigenvalue weighted by Gasteiger charge is 2.34. The zero-order valence-electron chi connectivity index (χ0n) is 14.1. The van der Waals surface area contributed by atoms with E-state index in [1.54, 1.807) is 16.9 Å². The van der Waals surface area contributed by atoms with Gasteiger partial charge in [0.25, 0.3) is 5.89 Å². The molecular weight excluding hydrogens is 320 g/mol. The van der Waals surface area contributed by atoms with Crippen molar-refractivity contribution in [3.63, 3.8) is 0 Å². The van der Waals surface area contributed by atoms with E-state index in [4.69, 9.17) is 14.4 Å². The molecule has 4 heterocycles. The second-order valence-corrected chi connectivity index (χ2v) is 6.27. The quantitative estimate of drug-likeness (QED) is 0.727. The Bertz CT molecular complexity index is 931. The number of rotatable bonds is 3. The Labute approximate surface area is 144 Å². The maximum Gasteiger partial charge on any atom is 0.264 e. The molecule has 3 aromatic heterocycles. The van der Waals surface area contributed by atoms with E-state index in [-0.39, 0.29) is 12.0 Å². The molecule has 1 aliphatic heterocycles. The first-order valence-corrected chi connectivity index (χ1v) is 8.16. The maximum atomic E-state index is 9.04. The minimum atomic E-state index is -0.140. The molecule has 0 N–H and O–H groups in total. The molecule has 0 bridgehead atoms. The van der Waals surface area contributed by atoms with Gasteiger partial charge in [0.2, 0.25) is 5.89 Å². The molecule has 3 aromatic rings. The molecule has 2 atom stereocenters. The summed E-state index contributed by atoms with van der Waals surface area (Å²) in [6.07, 6.45) is 7.23. The van der Waals surface area contributed by atoms with E-state index in [9.17, 15) is 0 Å². The Morgan fingerprint density at radius 1 is 1.28 bits per heavy atom. The minimum Gasteiger partial charge on any atom is -0.419 e. The predicted molar refractivity (Wildman–Crippen MR) is 87.3 cm³/mol. The van der Waals surface area contributed by atoms with Crippen LogP contribution >= 0.6 is 0 Å². The molecule has 8 heteroatoms. The largest absolute Gasteiger partial charge is 0.419 e. The summed E-state index contributed by atoms with van der Waals surface area (Å²) >= 11 is 0. The van der Waals surface area contributed by atoms with E-state index in [2.05, 4.69) is 21.4 Å². The maximum absolute atomic E-state index is 9.04. The molecule has 0 unspecified atom stereocenters. The number of nitrogens with zero attached hydrogens (tertiary/aromatic N) is 6. The van der Waals surface area contributed by atoms with Crippen molar-refractivity contribution in [2.45, 2.75) is 24.9 Å². The summed E-state index contributed by atoms with van der Waals surface area (Å²) in [5.41, 5.74) is 2.30. The molecule has 0 amide bonds. The Morgan fingerprint density at radius 2 is 2.16 bits per heavy atom. The monoisotopic (exact) mass is 338 g/mol. The van der Waals surface area contributed by atoms with Crippen molar-refractivity contribution >= 4 is 0 Å². The van der Waals surface area contributed by atoms with Crippen molar-refractivity contribution in [3.8, 4) is 17.7 Å². The summed E-state index contributed by atoms with van der Waals surface area (Å²) < 4.78 is 15.5. The standard InChI is InChI=1S/C17H18N6O2/c1-22-9-11(7-18)6-14(22)17-21-20-16(25-17)13-4-3-5-24-15(13)12-8-19-23(2)10-12/h6,8-10,13,15H,3-5H2,1-2H3/t13-,15+/m1/s1. The molecule has 8 nitrogen and oxygen atoms in total. The van der Waals surface area contributed by atoms with Crippen molar-refractivity contribution < 1.29 is 9.15 Å². The van der Waals surface area contributed by atoms with Crippen molar-refractivity contribution in [1.82, 2.24) is 24.5 Å². The fourth-order valence-corrected chi connectivity index (χ4v) is 3.28. The summed E-state index contributed by atoms with van der Waals surface area (Å²) in [6, 6.07) is 3.86. The number of nitriles is 1. The fourth-order valence-electron chi connectivity index (χ4n) is 3.28. The highest BCUT2D eigenvalue weighted by Crippen LogP contribution is 2.40. The molecule has 1 saturated heterocycles. The van der Waals surface area contributed by atoms with E-state index in [0.29, 0.717) is 24.0 Å². The molecule has 0 spiro atoms. The second-order valence-electron chi connectivity index (χ2n) is 6.27. The zero-order chi connectivity index (χ0) is 17.4. The first kappa shape index (κ1) is 15.6. The van der Waals surface area contributed by atoms with Crippen molar-refractivity contribution in [3.05, 3.63) is 41.7 Å². The summed E-state index contributed by atoms with van der Waals surface area (Å²) in [6.45, 7) is 0.709. The molecule has 0 aliphatic carbocycles. The van der Waals surface area contributed by atoms with Gasteiger partial charge < -0.3 is 13.7 Å². The summed E-state index contributed by atoms with van der Waals surface area (Å²) in [5, 5.41) is 21.7. The second kappa shape index (κ2) is 6.18. The lowest BCUT2D eigenvalue weighted by atomic mass is 9.91. The van der Waals surface area contributed by atoms with Crippen LogP contribution in [0.1, 0.15) is 41.9 Å². The molecule has 4 rings (SSSR count). The zero-order valence-corrected chi connectivity index (χ0v) is 14.1. The Kier molecular flexibility index (Phi) is 3.86. The van der Waals surface area contributed by atoms with E-state index < -0.39 is 0 Å². The summed E-state index contributed by atoms with van der Waals surface area (Å²) in [5.74, 6) is 0.965. The Hall–Kier alpha value is -2.92. The Balaban J connectivity index is 1.65. The van der Waals surface area contributed by atoms with Gasteiger partial charge in [-0.2, -0.15) is 10.4 Å². The predicted octanol–water partition coefficient (Wildman–Crippen LogP) is 2.32. The van der Waals surface area contributed by atoms with Crippen LogP contribution < -0.4 is 0 Å². The molecule has 0 radical (unpaired) electrons. The molecule has 128 valence electrons. The van der Waals surface area contributed by atoms with Gasteiger partial charge in [-0.15, -0.1) is 10.2 Å². The molecule has 1 fully saturated rings. The number of hydrogen-bond acceptors (Lipinski definition) is 6. The lowest BCUT2D eigenvalue weighted by molar-refractivity contribution is -0.00891. The third-order valence-corrected chi connectivity index (χ3v) is 4.49. The average molecular weight is 338 g/mol. The fraction of sp³-hybridized carbons (Fsp3) is 0.412. The van der Waals surface area contributed by atoms with Crippen LogP contribution in [0.5, 0.6) is 0 Å². The molecule has 0 saturated carbocycles. The van der Waals surface area contributed by atoms with E-state index in [1.807, 2.05) is 31.1 Å². The van der Waals surface area contributed by atoms with Crippen LogP contribution in [0.4, 0.5) is 0 Å². The van der Waals surface area contributed by atoms with Gasteiger partial charge in [-0.3, -0.25) is 4.68 Å². The molecule has 25 heavy (non-hydrogen) atoms. The van der Waals surface area contributed by atoms with Gasteiger partial charge in [0.05, 0.1) is 23.8 Å². The first-order valence-electron chi connectivity index (χ1n) is 8.16. The molecular formula is C17H18N6O2. The number of hydrogen-bond donors (Lipinski definition) is 0. The van der Waals surface area contributed by atoms with Crippen molar-refractivity contribution in [2.75, 3.05) is 6.61 Å². The smallest absolute Gasteiger partial charge is 0.264 e. The van der Waals surface area contributed by atoms with E-state index in [1.165, 1.54) is 0 Å². The van der Waals surface area contributed by atoms with Crippen molar-refractivity contribution in [1.29, 1.82) is 5.26 Å². The van der Waals surface area contributed by atoms with E-state index in [0.717, 1.165) is 24.1 Å². The summed E-state index contributed by atoms with van der Waals surface area (Å²) in [7, 11) is 3.73. The van der Waals surface area contributed by atoms with Gasteiger partial charge in [-0.25, -0.2) is 0 Å². The van der Waals surface area contributed by atoms with Crippen LogP contribution in [0.2, 0.25) is 0 Å². The van der Waals surface area contributed by atoms with Gasteiger partial charge >= 0.3 is 0 Å². The number of ether oxygens (including phenoxy) is 1. The van der Waals surface area contributed by atoms with Crippen LogP contribution in [-0.4, -0.2) is 31.2 Å². The topological polar surface area (TPSA) is 94.7 Å². The molecule has 0 aromatic carbocycles. The normalized spacial score (nSPS) is 20.5. The number of aryl methyl sites for hydroxylation is 2. The van der Waals surface area contributed by atoms with Gasteiger partial charge in [0, 0.05) is 38.7 Å². The average Bonchev–Trinajstić information content (AvgIpc) is 3.34. The van der Waals surface area contributed by atoms with Crippen LogP contribution in [0, 0.1) is 11.3 Å². The lowest BCUT2D eigenvalue weighted by Gasteiger charge is -2.28. The van der Waals surface area contributed by atoms with E-state index >= 15 is 0 Å². The highest BCUT2D eigenvalue weighted by atomic mass is 16.5. The lowest BCUT2D eigenvalue weighted by Crippen LogP contribution is -2.21. The first-order chi connectivity index (χ1) is 12.2. The van der Waals surface area contributed by atoms with Gasteiger partial charge in [-0.05, 0) is 18.9 Å². The third kappa shape index (κ3) is 2.83. The van der Waals surface area contributed by atoms with Gasteiger partial charge in [-0.1, -0.05) is 0 Å². The molecule has 1 aliphatic rings. The summed E-state index contributed by atoms with van der Waals surface area (Å²) in [4.78, 5) is 0. The van der Waals surface area contributed by atoms with Crippen LogP contribution in [0.3, 0.4) is 0 Å². The van der Waals surface area contributed by atoms with Gasteiger partial charge in [0.15, 0.2) is 0 Å². The van der Waals surface area contributed by atoms with Crippen molar-refractivity contribution in [2.24, 2.45) is 14.1 Å². The van der Waals surface area contributed by atoms with Crippen LogP contribution in [-0.2, 0) is 18.8 Å². The number of aromatic nitrogens is 5. The SMILES string of the molecule is Cn1cc([C@@H]2OCCC[C@H]2c2nnc(-c3cc(C#N)cn3C)o2)cn1. The Morgan fingerprint density at radius 3 is 2.88 bits per heavy atom. The van der Waals surface area contributed by atoms with Crippen LogP contribution in [0.25, 0.3) is 11.6 Å².